The van der Waals surface area contributed by atoms with Gasteiger partial charge in [0.25, 0.3) is 5.56 Å². The second kappa shape index (κ2) is 8.30. The first-order valence-corrected chi connectivity index (χ1v) is 11.1. The van der Waals surface area contributed by atoms with Crippen molar-refractivity contribution in [2.24, 2.45) is 0 Å². The molecule has 0 saturated carbocycles. The van der Waals surface area contributed by atoms with Gasteiger partial charge >= 0.3 is 6.09 Å². The second-order valence-corrected chi connectivity index (χ2v) is 9.40. The van der Waals surface area contributed by atoms with Gasteiger partial charge in [-0.2, -0.15) is 0 Å². The molecule has 1 fully saturated rings. The summed E-state index contributed by atoms with van der Waals surface area (Å²) in [7, 11) is 0. The smallest absolute Gasteiger partial charge is 0.410 e. The zero-order chi connectivity index (χ0) is 22.2. The number of carbonyl (C=O) groups excluding carboxylic acids is 1. The molecule has 0 N–H and O–H groups in total. The van der Waals surface area contributed by atoms with Crippen LogP contribution in [0.2, 0.25) is 0 Å². The van der Waals surface area contributed by atoms with Crippen molar-refractivity contribution in [1.29, 1.82) is 0 Å². The van der Waals surface area contributed by atoms with E-state index in [1.807, 2.05) is 37.1 Å². The van der Waals surface area contributed by atoms with E-state index in [2.05, 4.69) is 0 Å². The lowest BCUT2D eigenvalue weighted by atomic mass is 10.2. The van der Waals surface area contributed by atoms with Crippen molar-refractivity contribution in [3.8, 4) is 0 Å². The largest absolute Gasteiger partial charge is 0.444 e. The predicted octanol–water partition coefficient (Wildman–Crippen LogP) is 3.70. The van der Waals surface area contributed by atoms with E-state index in [0.717, 1.165) is 0 Å². The Balaban J connectivity index is 1.62. The number of halogens is 1. The third kappa shape index (κ3) is 4.56. The van der Waals surface area contributed by atoms with Crippen molar-refractivity contribution in [3.63, 3.8) is 0 Å². The standard InChI is InChI=1S/C22H25FN4O3S/c1-22(2,3)30-21(29)26-11-9-25(10-12-26)20-24-17-8-13-31-18(17)19(28)27(20)14-15-6-4-5-7-16(15)23/h4-8,13H,9-12,14H2,1-3H3. The highest BCUT2D eigenvalue weighted by Gasteiger charge is 2.28. The van der Waals surface area contributed by atoms with E-state index in [9.17, 15) is 14.0 Å². The van der Waals surface area contributed by atoms with E-state index in [1.165, 1.54) is 22.0 Å². The lowest BCUT2D eigenvalue weighted by molar-refractivity contribution is 0.0240. The van der Waals surface area contributed by atoms with Crippen LogP contribution in [0.3, 0.4) is 0 Å². The van der Waals surface area contributed by atoms with Gasteiger partial charge in [-0.05, 0) is 38.3 Å². The van der Waals surface area contributed by atoms with Gasteiger partial charge in [-0.25, -0.2) is 14.2 Å². The molecular weight excluding hydrogens is 419 g/mol. The zero-order valence-corrected chi connectivity index (χ0v) is 18.6. The molecule has 0 bridgehead atoms. The molecule has 0 aliphatic carbocycles. The van der Waals surface area contributed by atoms with Gasteiger partial charge < -0.3 is 14.5 Å². The molecule has 1 aromatic carbocycles. The Morgan fingerprint density at radius 3 is 2.55 bits per heavy atom. The monoisotopic (exact) mass is 444 g/mol. The van der Waals surface area contributed by atoms with Crippen LogP contribution in [0.5, 0.6) is 0 Å². The Hall–Kier alpha value is -2.94. The minimum Gasteiger partial charge on any atom is -0.444 e. The summed E-state index contributed by atoms with van der Waals surface area (Å²) >= 11 is 1.33. The number of nitrogens with zero attached hydrogens (tertiary/aromatic N) is 4. The van der Waals surface area contributed by atoms with Crippen LogP contribution in [0, 0.1) is 5.82 Å². The summed E-state index contributed by atoms with van der Waals surface area (Å²) < 4.78 is 21.8. The van der Waals surface area contributed by atoms with Gasteiger partial charge in [-0.15, -0.1) is 11.3 Å². The number of amides is 1. The van der Waals surface area contributed by atoms with E-state index in [1.54, 1.807) is 23.1 Å². The maximum absolute atomic E-state index is 14.3. The van der Waals surface area contributed by atoms with Gasteiger partial charge in [0.15, 0.2) is 0 Å². The highest BCUT2D eigenvalue weighted by atomic mass is 32.1. The summed E-state index contributed by atoms with van der Waals surface area (Å²) in [5, 5.41) is 1.83. The van der Waals surface area contributed by atoms with Gasteiger partial charge in [-0.1, -0.05) is 18.2 Å². The fourth-order valence-corrected chi connectivity index (χ4v) is 4.31. The van der Waals surface area contributed by atoms with Crippen molar-refractivity contribution in [2.75, 3.05) is 31.1 Å². The van der Waals surface area contributed by atoms with Crippen molar-refractivity contribution in [1.82, 2.24) is 14.5 Å². The molecule has 9 heteroatoms. The summed E-state index contributed by atoms with van der Waals surface area (Å²) in [6.07, 6.45) is -0.350. The Morgan fingerprint density at radius 2 is 1.87 bits per heavy atom. The van der Waals surface area contributed by atoms with Crippen LogP contribution in [0.1, 0.15) is 26.3 Å². The van der Waals surface area contributed by atoms with E-state index in [0.29, 0.717) is 47.9 Å². The van der Waals surface area contributed by atoms with Crippen LogP contribution in [-0.4, -0.2) is 52.3 Å². The van der Waals surface area contributed by atoms with Crippen LogP contribution in [0.25, 0.3) is 10.2 Å². The molecule has 0 spiro atoms. The highest BCUT2D eigenvalue weighted by molar-refractivity contribution is 7.17. The number of ether oxygens (including phenoxy) is 1. The third-order valence-electron chi connectivity index (χ3n) is 5.05. The molecule has 1 saturated heterocycles. The number of thiophene rings is 1. The zero-order valence-electron chi connectivity index (χ0n) is 17.8. The van der Waals surface area contributed by atoms with Gasteiger partial charge in [0.2, 0.25) is 5.95 Å². The summed E-state index contributed by atoms with van der Waals surface area (Å²) in [6.45, 7) is 7.50. The van der Waals surface area contributed by atoms with Gasteiger partial charge in [0.05, 0.1) is 12.1 Å². The average Bonchev–Trinajstić information content (AvgIpc) is 3.19. The molecule has 0 atom stereocenters. The van der Waals surface area contributed by atoms with Crippen molar-refractivity contribution in [2.45, 2.75) is 32.9 Å². The molecule has 2 aromatic heterocycles. The lowest BCUT2D eigenvalue weighted by Crippen LogP contribution is -2.51. The number of aromatic nitrogens is 2. The van der Waals surface area contributed by atoms with Crippen LogP contribution in [0.15, 0.2) is 40.5 Å². The lowest BCUT2D eigenvalue weighted by Gasteiger charge is -2.36. The molecule has 4 rings (SSSR count). The average molecular weight is 445 g/mol. The Kier molecular flexibility index (Phi) is 5.70. The van der Waals surface area contributed by atoms with E-state index >= 15 is 0 Å². The first-order valence-electron chi connectivity index (χ1n) is 10.2. The Labute approximate surface area is 183 Å². The number of fused-ring (bicyclic) bond motifs is 1. The topological polar surface area (TPSA) is 67.7 Å². The molecule has 7 nitrogen and oxygen atoms in total. The van der Waals surface area contributed by atoms with Crippen molar-refractivity contribution < 1.29 is 13.9 Å². The van der Waals surface area contributed by atoms with Crippen molar-refractivity contribution >= 4 is 33.6 Å². The summed E-state index contributed by atoms with van der Waals surface area (Å²) in [6, 6.07) is 8.25. The van der Waals surface area contributed by atoms with E-state index in [-0.39, 0.29) is 24.0 Å². The van der Waals surface area contributed by atoms with Crippen LogP contribution < -0.4 is 10.5 Å². The number of carbonyl (C=O) groups is 1. The molecule has 31 heavy (non-hydrogen) atoms. The molecular formula is C22H25FN4O3S. The molecule has 1 aliphatic heterocycles. The number of hydrogen-bond acceptors (Lipinski definition) is 6. The second-order valence-electron chi connectivity index (χ2n) is 8.48. The molecule has 1 aliphatic rings. The first kappa shape index (κ1) is 21.3. The third-order valence-corrected chi connectivity index (χ3v) is 5.94. The minimum atomic E-state index is -0.556. The number of hydrogen-bond donors (Lipinski definition) is 0. The number of piperazine rings is 1. The van der Waals surface area contributed by atoms with Gasteiger partial charge in [0.1, 0.15) is 16.1 Å². The summed E-state index contributed by atoms with van der Waals surface area (Å²) in [5.41, 5.74) is 0.313. The van der Waals surface area contributed by atoms with Crippen LogP contribution in [0.4, 0.5) is 15.1 Å². The number of benzene rings is 1. The first-order chi connectivity index (χ1) is 14.7. The molecule has 164 valence electrons. The summed E-state index contributed by atoms with van der Waals surface area (Å²) in [4.78, 5) is 33.9. The fraction of sp³-hybridized carbons (Fsp3) is 0.409. The highest BCUT2D eigenvalue weighted by Crippen LogP contribution is 2.22. The van der Waals surface area contributed by atoms with E-state index < -0.39 is 5.60 Å². The quantitative estimate of drug-likeness (QED) is 0.616. The van der Waals surface area contributed by atoms with Crippen LogP contribution in [-0.2, 0) is 11.3 Å². The maximum Gasteiger partial charge on any atom is 0.410 e. The molecule has 1 amide bonds. The van der Waals surface area contributed by atoms with Crippen molar-refractivity contribution in [3.05, 3.63) is 57.4 Å². The molecule has 0 radical (unpaired) electrons. The summed E-state index contributed by atoms with van der Waals surface area (Å²) in [5.74, 6) is 0.129. The fourth-order valence-electron chi connectivity index (χ4n) is 3.53. The molecule has 3 heterocycles. The molecule has 3 aromatic rings. The minimum absolute atomic E-state index is 0.0912. The molecule has 0 unspecified atom stereocenters. The van der Waals surface area contributed by atoms with E-state index in [4.69, 9.17) is 9.72 Å². The van der Waals surface area contributed by atoms with Crippen LogP contribution >= 0.6 is 11.3 Å². The number of rotatable bonds is 3. The van der Waals surface area contributed by atoms with Gasteiger partial charge in [0, 0.05) is 31.7 Å². The van der Waals surface area contributed by atoms with Gasteiger partial charge in [-0.3, -0.25) is 9.36 Å². The normalized spacial score (nSPS) is 14.8. The number of anilines is 1. The Bertz CT molecular complexity index is 1160. The predicted molar refractivity (Wildman–Crippen MR) is 119 cm³/mol. The maximum atomic E-state index is 14.3. The SMILES string of the molecule is CC(C)(C)OC(=O)N1CCN(c2nc3ccsc3c(=O)n2Cc2ccccc2F)CC1. The Morgan fingerprint density at radius 1 is 1.16 bits per heavy atom.